The number of rotatable bonds is 7. The molecule has 4 rings (SSSR count). The first-order valence-electron chi connectivity index (χ1n) is 9.65. The molecule has 0 bridgehead atoms. The van der Waals surface area contributed by atoms with Gasteiger partial charge in [0.15, 0.2) is 0 Å². The number of aromatic nitrogens is 3. The fraction of sp³-hybridized carbons (Fsp3) is 0.400. The third kappa shape index (κ3) is 5.45. The molecule has 0 spiro atoms. The summed E-state index contributed by atoms with van der Waals surface area (Å²) in [5, 5.41) is 15.1. The Balaban J connectivity index is 1.33. The van der Waals surface area contributed by atoms with Crippen LogP contribution >= 0.6 is 22.7 Å². The van der Waals surface area contributed by atoms with Gasteiger partial charge >= 0.3 is 0 Å². The number of nitrogens with zero attached hydrogens (tertiary/aromatic N) is 4. The maximum atomic E-state index is 12.2. The lowest BCUT2D eigenvalue weighted by molar-refractivity contribution is -0.115. The van der Waals surface area contributed by atoms with Gasteiger partial charge < -0.3 is 10.1 Å². The lowest BCUT2D eigenvalue weighted by atomic mass is 10.1. The fourth-order valence-corrected chi connectivity index (χ4v) is 4.59. The number of anilines is 1. The fourth-order valence-electron chi connectivity index (χ4n) is 3.07. The molecule has 2 aromatic heterocycles. The Morgan fingerprint density at radius 2 is 2.00 bits per heavy atom. The van der Waals surface area contributed by atoms with Crippen molar-refractivity contribution in [1.82, 2.24) is 20.1 Å². The predicted molar refractivity (Wildman–Crippen MR) is 115 cm³/mol. The number of benzene rings is 1. The molecule has 0 unspecified atom stereocenters. The molecule has 1 aromatic carbocycles. The Hall–Kier alpha value is -2.20. The second kappa shape index (κ2) is 9.53. The van der Waals surface area contributed by atoms with Crippen molar-refractivity contribution >= 4 is 33.7 Å². The van der Waals surface area contributed by atoms with E-state index in [0.717, 1.165) is 60.5 Å². The average molecular weight is 430 g/mol. The number of amides is 1. The van der Waals surface area contributed by atoms with Crippen LogP contribution in [0.15, 0.2) is 29.6 Å². The Morgan fingerprint density at radius 3 is 2.72 bits per heavy atom. The lowest BCUT2D eigenvalue weighted by Crippen LogP contribution is -2.35. The van der Waals surface area contributed by atoms with Gasteiger partial charge in [0.2, 0.25) is 11.0 Å². The highest BCUT2D eigenvalue weighted by Crippen LogP contribution is 2.25. The van der Waals surface area contributed by atoms with Crippen LogP contribution in [-0.2, 0) is 28.9 Å². The average Bonchev–Trinajstić information content (AvgIpc) is 3.39. The van der Waals surface area contributed by atoms with Gasteiger partial charge in [-0.05, 0) is 12.0 Å². The zero-order chi connectivity index (χ0) is 20.1. The van der Waals surface area contributed by atoms with Crippen LogP contribution in [0, 0.1) is 0 Å². The molecule has 1 saturated heterocycles. The third-order valence-corrected chi connectivity index (χ3v) is 6.54. The molecule has 1 fully saturated rings. The van der Waals surface area contributed by atoms with Crippen LogP contribution in [0.3, 0.4) is 0 Å². The largest absolute Gasteiger partial charge is 0.379 e. The van der Waals surface area contributed by atoms with Crippen LogP contribution in [-0.4, -0.2) is 52.3 Å². The number of hydrogen-bond acceptors (Lipinski definition) is 8. The van der Waals surface area contributed by atoms with E-state index in [-0.39, 0.29) is 12.3 Å². The van der Waals surface area contributed by atoms with Crippen molar-refractivity contribution in [3.8, 4) is 10.6 Å². The van der Waals surface area contributed by atoms with Gasteiger partial charge in [0.1, 0.15) is 10.0 Å². The highest BCUT2D eigenvalue weighted by Gasteiger charge is 2.13. The van der Waals surface area contributed by atoms with Gasteiger partial charge in [-0.25, -0.2) is 4.98 Å². The van der Waals surface area contributed by atoms with Gasteiger partial charge in [-0.1, -0.05) is 42.5 Å². The number of aryl methyl sites for hydroxylation is 1. The van der Waals surface area contributed by atoms with E-state index in [1.807, 2.05) is 12.3 Å². The van der Waals surface area contributed by atoms with Gasteiger partial charge in [0.05, 0.1) is 25.3 Å². The maximum absolute atomic E-state index is 12.2. The highest BCUT2D eigenvalue weighted by molar-refractivity contribution is 7.15. The molecule has 152 valence electrons. The lowest BCUT2D eigenvalue weighted by Gasteiger charge is -2.26. The molecule has 0 radical (unpaired) electrons. The van der Waals surface area contributed by atoms with Gasteiger partial charge in [-0.15, -0.1) is 21.5 Å². The van der Waals surface area contributed by atoms with Crippen LogP contribution in [0.1, 0.15) is 23.2 Å². The van der Waals surface area contributed by atoms with Crippen LogP contribution in [0.5, 0.6) is 0 Å². The number of carbonyl (C=O) groups is 1. The van der Waals surface area contributed by atoms with Crippen molar-refractivity contribution in [2.75, 3.05) is 31.6 Å². The standard InChI is InChI=1S/C20H23N5O2S2/c1-2-18-23-24-20(29-18)22-17(26)11-16-13-28-19(21-16)15-5-3-14(4-6-15)12-25-7-9-27-10-8-25/h3-6,13H,2,7-12H2,1H3,(H,22,24,26). The molecule has 1 N–H and O–H groups in total. The molecule has 0 atom stereocenters. The minimum absolute atomic E-state index is 0.124. The van der Waals surface area contributed by atoms with E-state index in [9.17, 15) is 4.79 Å². The molecule has 3 heterocycles. The number of hydrogen-bond donors (Lipinski definition) is 1. The Kier molecular flexibility index (Phi) is 6.60. The van der Waals surface area contributed by atoms with Crippen LogP contribution in [0.25, 0.3) is 10.6 Å². The zero-order valence-electron chi connectivity index (χ0n) is 16.3. The van der Waals surface area contributed by atoms with Crippen molar-refractivity contribution in [2.45, 2.75) is 26.3 Å². The molecule has 3 aromatic rings. The summed E-state index contributed by atoms with van der Waals surface area (Å²) < 4.78 is 5.40. The monoisotopic (exact) mass is 429 g/mol. The molecule has 7 nitrogen and oxygen atoms in total. The summed E-state index contributed by atoms with van der Waals surface area (Å²) in [4.78, 5) is 19.3. The number of ether oxygens (including phenoxy) is 1. The molecule has 1 amide bonds. The van der Waals surface area contributed by atoms with E-state index in [1.165, 1.54) is 16.9 Å². The van der Waals surface area contributed by atoms with Crippen molar-refractivity contribution < 1.29 is 9.53 Å². The summed E-state index contributed by atoms with van der Waals surface area (Å²) in [6.07, 6.45) is 1.04. The first-order valence-corrected chi connectivity index (χ1v) is 11.4. The summed E-state index contributed by atoms with van der Waals surface area (Å²) in [5.41, 5.74) is 3.12. The number of thiazole rings is 1. The van der Waals surface area contributed by atoms with E-state index in [1.54, 1.807) is 11.3 Å². The van der Waals surface area contributed by atoms with E-state index < -0.39 is 0 Å². The number of nitrogens with one attached hydrogen (secondary N) is 1. The van der Waals surface area contributed by atoms with Gasteiger partial charge in [-0.3, -0.25) is 9.69 Å². The van der Waals surface area contributed by atoms with E-state index in [0.29, 0.717) is 5.13 Å². The smallest absolute Gasteiger partial charge is 0.232 e. The van der Waals surface area contributed by atoms with Gasteiger partial charge in [0.25, 0.3) is 0 Å². The van der Waals surface area contributed by atoms with Crippen molar-refractivity contribution in [1.29, 1.82) is 0 Å². The minimum Gasteiger partial charge on any atom is -0.379 e. The molecule has 1 aliphatic rings. The predicted octanol–water partition coefficient (Wildman–Crippen LogP) is 3.24. The van der Waals surface area contributed by atoms with Crippen molar-refractivity contribution in [3.05, 3.63) is 45.9 Å². The Bertz CT molecular complexity index is 948. The van der Waals surface area contributed by atoms with E-state index in [2.05, 4.69) is 49.7 Å². The first-order chi connectivity index (χ1) is 14.2. The summed E-state index contributed by atoms with van der Waals surface area (Å²) >= 11 is 2.96. The van der Waals surface area contributed by atoms with Gasteiger partial charge in [0, 0.05) is 30.6 Å². The summed E-state index contributed by atoms with van der Waals surface area (Å²) in [7, 11) is 0. The van der Waals surface area contributed by atoms with Crippen LogP contribution in [0.4, 0.5) is 5.13 Å². The SMILES string of the molecule is CCc1nnc(NC(=O)Cc2csc(-c3ccc(CN4CCOCC4)cc3)n2)s1. The quantitative estimate of drug-likeness (QED) is 0.621. The Morgan fingerprint density at radius 1 is 1.21 bits per heavy atom. The summed E-state index contributed by atoms with van der Waals surface area (Å²) in [6.45, 7) is 6.54. The molecule has 0 saturated carbocycles. The molecule has 1 aliphatic heterocycles. The highest BCUT2D eigenvalue weighted by atomic mass is 32.1. The maximum Gasteiger partial charge on any atom is 0.232 e. The molecule has 0 aliphatic carbocycles. The number of carbonyl (C=O) groups excluding carboxylic acids is 1. The second-order valence-corrected chi connectivity index (χ2v) is 8.73. The molecule has 29 heavy (non-hydrogen) atoms. The molecular formula is C20H23N5O2S2. The minimum atomic E-state index is -0.124. The third-order valence-electron chi connectivity index (χ3n) is 4.62. The van der Waals surface area contributed by atoms with Crippen LogP contribution < -0.4 is 5.32 Å². The summed E-state index contributed by atoms with van der Waals surface area (Å²) in [5.74, 6) is -0.124. The zero-order valence-corrected chi connectivity index (χ0v) is 17.9. The topological polar surface area (TPSA) is 80.2 Å². The summed E-state index contributed by atoms with van der Waals surface area (Å²) in [6, 6.07) is 8.51. The number of morpholine rings is 1. The second-order valence-electron chi connectivity index (χ2n) is 6.81. The Labute approximate surface area is 177 Å². The first kappa shape index (κ1) is 20.1. The normalized spacial score (nSPS) is 14.8. The molecule has 9 heteroatoms. The van der Waals surface area contributed by atoms with Crippen molar-refractivity contribution in [3.63, 3.8) is 0 Å². The van der Waals surface area contributed by atoms with E-state index >= 15 is 0 Å². The van der Waals surface area contributed by atoms with Gasteiger partial charge in [-0.2, -0.15) is 0 Å². The van der Waals surface area contributed by atoms with Crippen LogP contribution in [0.2, 0.25) is 0 Å². The van der Waals surface area contributed by atoms with E-state index in [4.69, 9.17) is 4.74 Å². The van der Waals surface area contributed by atoms with Crippen molar-refractivity contribution in [2.24, 2.45) is 0 Å². The molecular weight excluding hydrogens is 406 g/mol.